The van der Waals surface area contributed by atoms with Crippen molar-refractivity contribution in [3.63, 3.8) is 0 Å². The summed E-state index contributed by atoms with van der Waals surface area (Å²) in [5.74, 6) is 1.55. The molecule has 0 atom stereocenters. The smallest absolute Gasteiger partial charge is 0.274 e. The molecule has 21 heavy (non-hydrogen) atoms. The second kappa shape index (κ2) is 8.60. The number of hydrogen-bond acceptors (Lipinski definition) is 4. The Kier molecular flexibility index (Phi) is 7.12. The molecule has 0 aliphatic carbocycles. The zero-order valence-electron chi connectivity index (χ0n) is 13.9. The summed E-state index contributed by atoms with van der Waals surface area (Å²) in [6.45, 7) is 12.9. The highest BCUT2D eigenvalue weighted by Crippen LogP contribution is 2.10. The highest BCUT2D eigenvalue weighted by atomic mass is 16.2. The van der Waals surface area contributed by atoms with E-state index in [2.05, 4.69) is 50.1 Å². The predicted octanol–water partition coefficient (Wildman–Crippen LogP) is 3.05. The van der Waals surface area contributed by atoms with Crippen LogP contribution < -0.4 is 5.32 Å². The Morgan fingerprint density at radius 2 is 1.76 bits per heavy atom. The van der Waals surface area contributed by atoms with Gasteiger partial charge in [0.25, 0.3) is 5.91 Å². The van der Waals surface area contributed by atoms with Crippen molar-refractivity contribution in [1.82, 2.24) is 15.1 Å². The SMILES string of the molecule is CCCNc1ccc(C(=O)N(CC(C)C)CC(C)C)nn1. The van der Waals surface area contributed by atoms with Crippen LogP contribution in [-0.4, -0.2) is 40.6 Å². The lowest BCUT2D eigenvalue weighted by molar-refractivity contribution is 0.0708. The summed E-state index contributed by atoms with van der Waals surface area (Å²) in [5.41, 5.74) is 0.415. The van der Waals surface area contributed by atoms with Crippen LogP contribution in [-0.2, 0) is 0 Å². The van der Waals surface area contributed by atoms with Crippen LogP contribution >= 0.6 is 0 Å². The van der Waals surface area contributed by atoms with Gasteiger partial charge in [0, 0.05) is 19.6 Å². The first kappa shape index (κ1) is 17.4. The van der Waals surface area contributed by atoms with E-state index in [9.17, 15) is 4.79 Å². The van der Waals surface area contributed by atoms with Gasteiger partial charge in [-0.05, 0) is 30.4 Å². The third kappa shape index (κ3) is 6.10. The van der Waals surface area contributed by atoms with Crippen molar-refractivity contribution >= 4 is 11.7 Å². The molecule has 0 radical (unpaired) electrons. The van der Waals surface area contributed by atoms with E-state index in [0.29, 0.717) is 23.3 Å². The molecule has 1 heterocycles. The molecule has 0 saturated heterocycles. The molecular formula is C16H28N4O. The number of carbonyl (C=O) groups excluding carboxylic acids is 1. The molecule has 0 aliphatic heterocycles. The average molecular weight is 292 g/mol. The quantitative estimate of drug-likeness (QED) is 0.800. The van der Waals surface area contributed by atoms with E-state index in [1.165, 1.54) is 0 Å². The van der Waals surface area contributed by atoms with Crippen LogP contribution in [0.2, 0.25) is 0 Å². The molecule has 5 nitrogen and oxygen atoms in total. The van der Waals surface area contributed by atoms with Crippen molar-refractivity contribution in [3.8, 4) is 0 Å². The number of anilines is 1. The number of aromatic nitrogens is 2. The van der Waals surface area contributed by atoms with Gasteiger partial charge in [0.05, 0.1) is 0 Å². The van der Waals surface area contributed by atoms with Crippen LogP contribution in [0, 0.1) is 11.8 Å². The van der Waals surface area contributed by atoms with Gasteiger partial charge in [-0.3, -0.25) is 4.79 Å². The molecular weight excluding hydrogens is 264 g/mol. The van der Waals surface area contributed by atoms with E-state index in [1.54, 1.807) is 6.07 Å². The molecule has 118 valence electrons. The zero-order valence-corrected chi connectivity index (χ0v) is 13.9. The lowest BCUT2D eigenvalue weighted by Gasteiger charge is -2.25. The molecule has 0 aliphatic rings. The standard InChI is InChI=1S/C16H28N4O/c1-6-9-17-15-8-7-14(18-19-15)16(21)20(10-12(2)3)11-13(4)5/h7-8,12-13H,6,9-11H2,1-5H3,(H,17,19). The van der Waals surface area contributed by atoms with Crippen LogP contribution in [0.5, 0.6) is 0 Å². The van der Waals surface area contributed by atoms with Crippen LogP contribution in [0.25, 0.3) is 0 Å². The normalized spacial score (nSPS) is 11.0. The molecule has 0 aromatic carbocycles. The largest absolute Gasteiger partial charge is 0.369 e. The maximum Gasteiger partial charge on any atom is 0.274 e. The summed E-state index contributed by atoms with van der Waals surface area (Å²) in [4.78, 5) is 14.4. The van der Waals surface area contributed by atoms with Gasteiger partial charge in [-0.25, -0.2) is 0 Å². The monoisotopic (exact) mass is 292 g/mol. The number of hydrogen-bond donors (Lipinski definition) is 1. The van der Waals surface area contributed by atoms with E-state index in [-0.39, 0.29) is 5.91 Å². The number of carbonyl (C=O) groups is 1. The van der Waals surface area contributed by atoms with Crippen LogP contribution in [0.15, 0.2) is 12.1 Å². The van der Waals surface area contributed by atoms with Crippen LogP contribution in [0.4, 0.5) is 5.82 Å². The summed E-state index contributed by atoms with van der Waals surface area (Å²) in [6.07, 6.45) is 1.03. The molecule has 0 unspecified atom stereocenters. The molecule has 1 amide bonds. The number of amides is 1. The molecule has 1 aromatic rings. The Labute approximate surface area is 128 Å². The van der Waals surface area contributed by atoms with E-state index in [4.69, 9.17) is 0 Å². The first-order valence-corrected chi connectivity index (χ1v) is 7.80. The second-order valence-corrected chi connectivity index (χ2v) is 6.23. The third-order valence-corrected chi connectivity index (χ3v) is 2.90. The van der Waals surface area contributed by atoms with E-state index in [0.717, 1.165) is 26.1 Å². The fraction of sp³-hybridized carbons (Fsp3) is 0.688. The average Bonchev–Trinajstić information content (AvgIpc) is 2.43. The van der Waals surface area contributed by atoms with Gasteiger partial charge in [0.2, 0.25) is 0 Å². The highest BCUT2D eigenvalue weighted by Gasteiger charge is 2.19. The van der Waals surface area contributed by atoms with E-state index in [1.807, 2.05) is 11.0 Å². The molecule has 1 aromatic heterocycles. The lowest BCUT2D eigenvalue weighted by Crippen LogP contribution is -2.37. The van der Waals surface area contributed by atoms with Gasteiger partial charge >= 0.3 is 0 Å². The van der Waals surface area contributed by atoms with Crippen LogP contribution in [0.3, 0.4) is 0 Å². The summed E-state index contributed by atoms with van der Waals surface area (Å²) in [7, 11) is 0. The minimum atomic E-state index is -0.0352. The summed E-state index contributed by atoms with van der Waals surface area (Å²) < 4.78 is 0. The Morgan fingerprint density at radius 3 is 2.19 bits per heavy atom. The van der Waals surface area contributed by atoms with E-state index < -0.39 is 0 Å². The second-order valence-electron chi connectivity index (χ2n) is 6.23. The van der Waals surface area contributed by atoms with E-state index >= 15 is 0 Å². The summed E-state index contributed by atoms with van der Waals surface area (Å²) in [6, 6.07) is 3.57. The Bertz CT molecular complexity index is 418. The Morgan fingerprint density at radius 1 is 1.14 bits per heavy atom. The van der Waals surface area contributed by atoms with Crippen molar-refractivity contribution in [2.45, 2.75) is 41.0 Å². The van der Waals surface area contributed by atoms with Crippen molar-refractivity contribution < 1.29 is 4.79 Å². The third-order valence-electron chi connectivity index (χ3n) is 2.90. The zero-order chi connectivity index (χ0) is 15.8. The topological polar surface area (TPSA) is 58.1 Å². The van der Waals surface area contributed by atoms with Gasteiger partial charge in [-0.2, -0.15) is 0 Å². The first-order chi connectivity index (χ1) is 9.93. The minimum absolute atomic E-state index is 0.0352. The van der Waals surface area contributed by atoms with Crippen molar-refractivity contribution in [2.75, 3.05) is 25.0 Å². The molecule has 0 fully saturated rings. The number of nitrogens with one attached hydrogen (secondary N) is 1. The molecule has 0 saturated carbocycles. The Balaban J connectivity index is 2.77. The Hall–Kier alpha value is -1.65. The molecule has 5 heteroatoms. The number of rotatable bonds is 8. The first-order valence-electron chi connectivity index (χ1n) is 7.80. The minimum Gasteiger partial charge on any atom is -0.369 e. The molecule has 1 rings (SSSR count). The summed E-state index contributed by atoms with van der Waals surface area (Å²) >= 11 is 0. The molecule has 1 N–H and O–H groups in total. The van der Waals surface area contributed by atoms with Crippen LogP contribution in [0.1, 0.15) is 51.5 Å². The van der Waals surface area contributed by atoms with Gasteiger partial charge in [0.1, 0.15) is 5.82 Å². The van der Waals surface area contributed by atoms with Gasteiger partial charge < -0.3 is 10.2 Å². The van der Waals surface area contributed by atoms with Gasteiger partial charge in [-0.1, -0.05) is 34.6 Å². The maximum absolute atomic E-state index is 12.5. The van der Waals surface area contributed by atoms with Gasteiger partial charge in [0.15, 0.2) is 5.69 Å². The lowest BCUT2D eigenvalue weighted by atomic mass is 10.1. The molecule has 0 spiro atoms. The fourth-order valence-corrected chi connectivity index (χ4v) is 2.08. The summed E-state index contributed by atoms with van der Waals surface area (Å²) in [5, 5.41) is 11.3. The van der Waals surface area contributed by atoms with Gasteiger partial charge in [-0.15, -0.1) is 10.2 Å². The molecule has 0 bridgehead atoms. The maximum atomic E-state index is 12.5. The predicted molar refractivity (Wildman–Crippen MR) is 86.4 cm³/mol. The van der Waals surface area contributed by atoms with Crippen molar-refractivity contribution in [3.05, 3.63) is 17.8 Å². The fourth-order valence-electron chi connectivity index (χ4n) is 2.08. The van der Waals surface area contributed by atoms with Crippen molar-refractivity contribution in [2.24, 2.45) is 11.8 Å². The van der Waals surface area contributed by atoms with Crippen molar-refractivity contribution in [1.29, 1.82) is 0 Å². The highest BCUT2D eigenvalue weighted by molar-refractivity contribution is 5.92. The number of nitrogens with zero attached hydrogens (tertiary/aromatic N) is 3.